The van der Waals surface area contributed by atoms with Gasteiger partial charge in [0.1, 0.15) is 0 Å². The van der Waals surface area contributed by atoms with Crippen molar-refractivity contribution >= 4 is 10.1 Å². The highest BCUT2D eigenvalue weighted by atomic mass is 32.2. The average molecular weight is 375 g/mol. The molecule has 2 aromatic carbocycles. The van der Waals surface area contributed by atoms with E-state index in [9.17, 15) is 8.42 Å². The molecule has 1 fully saturated rings. The molecule has 1 aliphatic rings. The van der Waals surface area contributed by atoms with Crippen molar-refractivity contribution < 1.29 is 17.3 Å². The van der Waals surface area contributed by atoms with Crippen LogP contribution in [0.4, 0.5) is 0 Å². The van der Waals surface area contributed by atoms with Crippen LogP contribution in [0.15, 0.2) is 60.7 Å². The van der Waals surface area contributed by atoms with Crippen LogP contribution in [-0.2, 0) is 32.1 Å². The van der Waals surface area contributed by atoms with Crippen LogP contribution >= 0.6 is 0 Å². The molecule has 0 amide bonds. The van der Waals surface area contributed by atoms with Gasteiger partial charge >= 0.3 is 0 Å². The van der Waals surface area contributed by atoms with E-state index in [2.05, 4.69) is 5.32 Å². The van der Waals surface area contributed by atoms with E-state index in [1.165, 1.54) is 0 Å². The normalized spacial score (nSPS) is 22.7. The Kier molecular flexibility index (Phi) is 6.09. The summed E-state index contributed by atoms with van der Waals surface area (Å²) < 4.78 is 34.1. The van der Waals surface area contributed by atoms with Crippen LogP contribution in [0.2, 0.25) is 0 Å². The molecule has 2 atom stereocenters. The third-order valence-electron chi connectivity index (χ3n) is 4.81. The van der Waals surface area contributed by atoms with Gasteiger partial charge in [-0.15, -0.1) is 0 Å². The molecule has 1 aliphatic heterocycles. The molecule has 0 saturated carbocycles. The Labute approximate surface area is 155 Å². The number of nitrogens with one attached hydrogen (secondary N) is 1. The van der Waals surface area contributed by atoms with E-state index in [-0.39, 0.29) is 12.5 Å². The zero-order valence-corrected chi connectivity index (χ0v) is 15.7. The lowest BCUT2D eigenvalue weighted by Crippen LogP contribution is -2.70. The molecule has 0 aromatic heterocycles. The zero-order valence-electron chi connectivity index (χ0n) is 14.9. The van der Waals surface area contributed by atoms with Crippen molar-refractivity contribution in [3.63, 3.8) is 0 Å². The Morgan fingerprint density at radius 1 is 1.04 bits per heavy atom. The molecule has 1 N–H and O–H groups in total. The third-order valence-corrected chi connectivity index (χ3v) is 5.35. The SMILES string of the molecule is CS(=O)(=O)OC[C@@]1(Cc2ccccc2)NC[C@@H]1COCc1ccccc1. The van der Waals surface area contributed by atoms with Crippen LogP contribution < -0.4 is 5.32 Å². The average Bonchev–Trinajstić information content (AvgIpc) is 2.62. The summed E-state index contributed by atoms with van der Waals surface area (Å²) in [4.78, 5) is 0. The fourth-order valence-electron chi connectivity index (χ4n) is 3.25. The summed E-state index contributed by atoms with van der Waals surface area (Å²) in [5, 5.41) is 3.41. The predicted molar refractivity (Wildman–Crippen MR) is 101 cm³/mol. The fraction of sp³-hybridized carbons (Fsp3) is 0.400. The number of hydrogen-bond donors (Lipinski definition) is 1. The van der Waals surface area contributed by atoms with E-state index in [0.717, 1.165) is 23.9 Å². The first-order valence-corrected chi connectivity index (χ1v) is 10.5. The van der Waals surface area contributed by atoms with Crippen LogP contribution in [0.25, 0.3) is 0 Å². The van der Waals surface area contributed by atoms with Crippen LogP contribution in [0.3, 0.4) is 0 Å². The summed E-state index contributed by atoms with van der Waals surface area (Å²) in [6, 6.07) is 20.1. The molecule has 0 radical (unpaired) electrons. The van der Waals surface area contributed by atoms with Gasteiger partial charge < -0.3 is 10.1 Å². The molecule has 0 unspecified atom stereocenters. The number of hydrogen-bond acceptors (Lipinski definition) is 5. The van der Waals surface area contributed by atoms with Crippen LogP contribution in [0.1, 0.15) is 11.1 Å². The predicted octanol–water partition coefficient (Wildman–Crippen LogP) is 2.38. The highest BCUT2D eigenvalue weighted by Crippen LogP contribution is 2.32. The van der Waals surface area contributed by atoms with Crippen molar-refractivity contribution in [1.29, 1.82) is 0 Å². The third kappa shape index (κ3) is 5.14. The molecule has 1 saturated heterocycles. The molecule has 3 rings (SSSR count). The van der Waals surface area contributed by atoms with Crippen molar-refractivity contribution in [3.05, 3.63) is 71.8 Å². The first-order chi connectivity index (χ1) is 12.5. The van der Waals surface area contributed by atoms with Gasteiger partial charge in [-0.1, -0.05) is 60.7 Å². The monoisotopic (exact) mass is 375 g/mol. The van der Waals surface area contributed by atoms with E-state index >= 15 is 0 Å². The van der Waals surface area contributed by atoms with Gasteiger partial charge in [0.15, 0.2) is 0 Å². The minimum Gasteiger partial charge on any atom is -0.376 e. The molecular weight excluding hydrogens is 350 g/mol. The molecule has 140 valence electrons. The largest absolute Gasteiger partial charge is 0.376 e. The molecule has 2 aromatic rings. The van der Waals surface area contributed by atoms with Crippen molar-refractivity contribution in [2.24, 2.45) is 5.92 Å². The molecule has 26 heavy (non-hydrogen) atoms. The summed E-state index contributed by atoms with van der Waals surface area (Å²) in [6.07, 6.45) is 1.78. The second-order valence-corrected chi connectivity index (χ2v) is 8.51. The Morgan fingerprint density at radius 3 is 2.19 bits per heavy atom. The lowest BCUT2D eigenvalue weighted by atomic mass is 9.73. The maximum Gasteiger partial charge on any atom is 0.264 e. The molecule has 0 aliphatic carbocycles. The van der Waals surface area contributed by atoms with Gasteiger partial charge in [-0.05, 0) is 17.5 Å². The first-order valence-electron chi connectivity index (χ1n) is 8.72. The molecule has 0 spiro atoms. The van der Waals surface area contributed by atoms with Gasteiger partial charge in [0.05, 0.1) is 31.6 Å². The lowest BCUT2D eigenvalue weighted by molar-refractivity contribution is -0.0230. The summed E-state index contributed by atoms with van der Waals surface area (Å²) >= 11 is 0. The van der Waals surface area contributed by atoms with Crippen molar-refractivity contribution in [2.75, 3.05) is 26.0 Å². The van der Waals surface area contributed by atoms with Gasteiger partial charge in [-0.25, -0.2) is 0 Å². The minimum absolute atomic E-state index is 0.111. The van der Waals surface area contributed by atoms with Gasteiger partial charge in [0.2, 0.25) is 0 Å². The second kappa shape index (κ2) is 8.31. The number of rotatable bonds is 9. The Bertz CT molecular complexity index is 795. The summed E-state index contributed by atoms with van der Waals surface area (Å²) in [6.45, 7) is 2.00. The Morgan fingerprint density at radius 2 is 1.65 bits per heavy atom. The van der Waals surface area contributed by atoms with Gasteiger partial charge in [-0.2, -0.15) is 8.42 Å². The van der Waals surface area contributed by atoms with Crippen LogP contribution in [0.5, 0.6) is 0 Å². The van der Waals surface area contributed by atoms with E-state index in [1.807, 2.05) is 60.7 Å². The van der Waals surface area contributed by atoms with E-state index in [1.54, 1.807) is 0 Å². The Hall–Kier alpha value is -1.73. The highest BCUT2D eigenvalue weighted by molar-refractivity contribution is 7.85. The quantitative estimate of drug-likeness (QED) is 0.682. The summed E-state index contributed by atoms with van der Waals surface area (Å²) in [7, 11) is -3.49. The van der Waals surface area contributed by atoms with Gasteiger partial charge in [-0.3, -0.25) is 4.18 Å². The molecular formula is C20H25NO4S. The number of ether oxygens (including phenoxy) is 1. The van der Waals surface area contributed by atoms with Crippen LogP contribution in [0, 0.1) is 5.92 Å². The maximum absolute atomic E-state index is 11.5. The van der Waals surface area contributed by atoms with E-state index in [0.29, 0.717) is 19.6 Å². The fourth-order valence-corrected chi connectivity index (χ4v) is 3.67. The summed E-state index contributed by atoms with van der Waals surface area (Å²) in [5.74, 6) is 0.188. The topological polar surface area (TPSA) is 64.6 Å². The molecule has 0 bridgehead atoms. The van der Waals surface area contributed by atoms with Crippen molar-refractivity contribution in [2.45, 2.75) is 18.6 Å². The first kappa shape index (κ1) is 19.0. The lowest BCUT2D eigenvalue weighted by Gasteiger charge is -2.50. The molecule has 1 heterocycles. The molecule has 6 heteroatoms. The van der Waals surface area contributed by atoms with Crippen LogP contribution in [-0.4, -0.2) is 40.0 Å². The number of benzene rings is 2. The van der Waals surface area contributed by atoms with E-state index < -0.39 is 15.7 Å². The highest BCUT2D eigenvalue weighted by Gasteiger charge is 2.47. The van der Waals surface area contributed by atoms with Gasteiger partial charge in [0, 0.05) is 12.5 Å². The van der Waals surface area contributed by atoms with Crippen molar-refractivity contribution in [3.8, 4) is 0 Å². The maximum atomic E-state index is 11.5. The molecule has 5 nitrogen and oxygen atoms in total. The van der Waals surface area contributed by atoms with Gasteiger partial charge in [0.25, 0.3) is 10.1 Å². The standard InChI is InChI=1S/C20H25NO4S/c1-26(22,23)25-16-20(12-17-8-4-2-5-9-17)19(13-21-20)15-24-14-18-10-6-3-7-11-18/h2-11,19,21H,12-16H2,1H3/t19-,20-/m1/s1. The van der Waals surface area contributed by atoms with E-state index in [4.69, 9.17) is 8.92 Å². The zero-order chi connectivity index (χ0) is 18.5. The minimum atomic E-state index is -3.49. The van der Waals surface area contributed by atoms with Crippen molar-refractivity contribution in [1.82, 2.24) is 5.32 Å². The Balaban J connectivity index is 1.64. The summed E-state index contributed by atoms with van der Waals surface area (Å²) in [5.41, 5.74) is 1.84. The second-order valence-electron chi connectivity index (χ2n) is 6.86. The smallest absolute Gasteiger partial charge is 0.264 e.